The summed E-state index contributed by atoms with van der Waals surface area (Å²) in [7, 11) is 0. The molecular formula is C15H22N2O. The van der Waals surface area contributed by atoms with Crippen molar-refractivity contribution in [2.24, 2.45) is 5.41 Å². The van der Waals surface area contributed by atoms with Crippen molar-refractivity contribution in [3.63, 3.8) is 0 Å². The van der Waals surface area contributed by atoms with Crippen LogP contribution < -0.4 is 0 Å². The molecule has 0 atom stereocenters. The van der Waals surface area contributed by atoms with Crippen LogP contribution >= 0.6 is 0 Å². The molecule has 2 rings (SSSR count). The number of nitrogens with zero attached hydrogens (tertiary/aromatic N) is 2. The van der Waals surface area contributed by atoms with E-state index in [1.165, 1.54) is 5.57 Å². The van der Waals surface area contributed by atoms with Crippen LogP contribution in [0.3, 0.4) is 0 Å². The Morgan fingerprint density at radius 3 is 2.56 bits per heavy atom. The Kier molecular flexibility index (Phi) is 4.06. The van der Waals surface area contributed by atoms with Crippen molar-refractivity contribution < 1.29 is 4.79 Å². The highest BCUT2D eigenvalue weighted by atomic mass is 16.2. The molecule has 1 fully saturated rings. The van der Waals surface area contributed by atoms with E-state index >= 15 is 0 Å². The third kappa shape index (κ3) is 2.58. The Hall–Kier alpha value is -1.30. The lowest BCUT2D eigenvalue weighted by Gasteiger charge is -2.33. The minimum Gasteiger partial charge on any atom is -0.337 e. The first-order chi connectivity index (χ1) is 8.68. The second kappa shape index (κ2) is 5.56. The summed E-state index contributed by atoms with van der Waals surface area (Å²) in [6.45, 7) is 3.55. The molecule has 0 aromatic rings. The highest BCUT2D eigenvalue weighted by Gasteiger charge is 2.41. The Labute approximate surface area is 109 Å². The first-order valence-electron chi connectivity index (χ1n) is 7.04. The lowest BCUT2D eigenvalue weighted by molar-refractivity contribution is -0.139. The number of rotatable bonds is 1. The van der Waals surface area contributed by atoms with Gasteiger partial charge in [-0.2, -0.15) is 5.26 Å². The molecule has 0 N–H and O–H groups in total. The van der Waals surface area contributed by atoms with Crippen molar-refractivity contribution >= 4 is 5.91 Å². The van der Waals surface area contributed by atoms with Gasteiger partial charge < -0.3 is 4.90 Å². The molecule has 1 saturated carbocycles. The van der Waals surface area contributed by atoms with Crippen LogP contribution in [-0.4, -0.2) is 23.9 Å². The summed E-state index contributed by atoms with van der Waals surface area (Å²) in [5.74, 6) is 0.0827. The topological polar surface area (TPSA) is 44.1 Å². The molecule has 2 aliphatic rings. The first kappa shape index (κ1) is 13.1. The van der Waals surface area contributed by atoms with Gasteiger partial charge in [0.15, 0.2) is 0 Å². The molecule has 0 aromatic carbocycles. The molecule has 0 unspecified atom stereocenters. The maximum atomic E-state index is 12.7. The maximum Gasteiger partial charge on any atom is 0.243 e. The van der Waals surface area contributed by atoms with Gasteiger partial charge in [-0.3, -0.25) is 4.79 Å². The molecular weight excluding hydrogens is 224 g/mol. The van der Waals surface area contributed by atoms with Crippen LogP contribution in [0.5, 0.6) is 0 Å². The molecule has 0 bridgehead atoms. The lowest BCUT2D eigenvalue weighted by Crippen LogP contribution is -2.45. The monoisotopic (exact) mass is 246 g/mol. The fraction of sp³-hybridized carbons (Fsp3) is 0.733. The molecule has 3 heteroatoms. The van der Waals surface area contributed by atoms with Crippen LogP contribution in [0.15, 0.2) is 11.6 Å². The van der Waals surface area contributed by atoms with E-state index in [1.807, 2.05) is 4.90 Å². The van der Waals surface area contributed by atoms with Gasteiger partial charge >= 0.3 is 0 Å². The molecule has 0 radical (unpaired) electrons. The highest BCUT2D eigenvalue weighted by Crippen LogP contribution is 2.36. The smallest absolute Gasteiger partial charge is 0.243 e. The SMILES string of the molecule is CC1=CCCN(C(=O)C2(C#N)CCCCCC2)C1. The normalized spacial score (nSPS) is 23.8. The van der Waals surface area contributed by atoms with Crippen molar-refractivity contribution in [2.75, 3.05) is 13.1 Å². The third-order valence-corrected chi connectivity index (χ3v) is 4.20. The van der Waals surface area contributed by atoms with Gasteiger partial charge in [-0.15, -0.1) is 0 Å². The molecule has 0 aromatic heterocycles. The van der Waals surface area contributed by atoms with Gasteiger partial charge in [0.25, 0.3) is 0 Å². The summed E-state index contributed by atoms with van der Waals surface area (Å²) >= 11 is 0. The Morgan fingerprint density at radius 2 is 2.00 bits per heavy atom. The largest absolute Gasteiger partial charge is 0.337 e. The number of hydrogen-bond donors (Lipinski definition) is 0. The molecule has 1 heterocycles. The van der Waals surface area contributed by atoms with Crippen LogP contribution in [0, 0.1) is 16.7 Å². The van der Waals surface area contributed by atoms with Crippen LogP contribution in [-0.2, 0) is 4.79 Å². The standard InChI is InChI=1S/C15H22N2O/c1-13-7-6-10-17(11-13)14(18)15(12-16)8-4-2-3-5-9-15/h7H,2-6,8-11H2,1H3. The average Bonchev–Trinajstić information content (AvgIpc) is 2.64. The van der Waals surface area contributed by atoms with Crippen LogP contribution in [0.1, 0.15) is 51.9 Å². The van der Waals surface area contributed by atoms with Gasteiger partial charge in [0.05, 0.1) is 6.07 Å². The molecule has 1 aliphatic carbocycles. The molecule has 18 heavy (non-hydrogen) atoms. The predicted molar refractivity (Wildman–Crippen MR) is 70.7 cm³/mol. The zero-order valence-electron chi connectivity index (χ0n) is 11.2. The van der Waals surface area contributed by atoms with E-state index in [9.17, 15) is 10.1 Å². The third-order valence-electron chi connectivity index (χ3n) is 4.20. The summed E-state index contributed by atoms with van der Waals surface area (Å²) in [5.41, 5.74) is 0.519. The van der Waals surface area contributed by atoms with E-state index in [2.05, 4.69) is 19.1 Å². The molecule has 3 nitrogen and oxygen atoms in total. The highest BCUT2D eigenvalue weighted by molar-refractivity contribution is 5.85. The van der Waals surface area contributed by atoms with Crippen LogP contribution in [0.25, 0.3) is 0 Å². The van der Waals surface area contributed by atoms with Gasteiger partial charge in [-0.25, -0.2) is 0 Å². The molecule has 0 spiro atoms. The summed E-state index contributed by atoms with van der Waals surface area (Å²) < 4.78 is 0. The zero-order valence-corrected chi connectivity index (χ0v) is 11.2. The first-order valence-corrected chi connectivity index (χ1v) is 7.04. The van der Waals surface area contributed by atoms with Crippen molar-refractivity contribution in [1.82, 2.24) is 4.90 Å². The summed E-state index contributed by atoms with van der Waals surface area (Å²) in [5, 5.41) is 9.52. The van der Waals surface area contributed by atoms with E-state index in [4.69, 9.17) is 0 Å². The van der Waals surface area contributed by atoms with Crippen molar-refractivity contribution in [2.45, 2.75) is 51.9 Å². The Bertz CT molecular complexity index is 384. The van der Waals surface area contributed by atoms with E-state index in [0.717, 1.165) is 51.5 Å². The van der Waals surface area contributed by atoms with E-state index < -0.39 is 5.41 Å². The quantitative estimate of drug-likeness (QED) is 0.527. The van der Waals surface area contributed by atoms with Gasteiger partial charge in [-0.1, -0.05) is 37.3 Å². The number of carbonyl (C=O) groups is 1. The maximum absolute atomic E-state index is 12.7. The van der Waals surface area contributed by atoms with Crippen molar-refractivity contribution in [3.8, 4) is 6.07 Å². The zero-order chi connectivity index (χ0) is 13.0. The minimum absolute atomic E-state index is 0.0827. The number of amides is 1. The molecule has 1 amide bonds. The lowest BCUT2D eigenvalue weighted by atomic mass is 9.80. The van der Waals surface area contributed by atoms with Crippen LogP contribution in [0.4, 0.5) is 0 Å². The second-order valence-electron chi connectivity index (χ2n) is 5.67. The molecule has 0 saturated heterocycles. The Morgan fingerprint density at radius 1 is 1.33 bits per heavy atom. The van der Waals surface area contributed by atoms with E-state index in [-0.39, 0.29) is 5.91 Å². The fourth-order valence-corrected chi connectivity index (χ4v) is 3.09. The average molecular weight is 246 g/mol. The summed E-state index contributed by atoms with van der Waals surface area (Å²) in [6, 6.07) is 2.36. The van der Waals surface area contributed by atoms with E-state index in [0.29, 0.717) is 6.54 Å². The number of hydrogen-bond acceptors (Lipinski definition) is 2. The number of nitriles is 1. The minimum atomic E-state index is -0.728. The molecule has 1 aliphatic heterocycles. The Balaban J connectivity index is 2.14. The summed E-state index contributed by atoms with van der Waals surface area (Å²) in [6.07, 6.45) is 8.98. The second-order valence-corrected chi connectivity index (χ2v) is 5.67. The summed E-state index contributed by atoms with van der Waals surface area (Å²) in [4.78, 5) is 14.6. The van der Waals surface area contributed by atoms with Crippen LogP contribution in [0.2, 0.25) is 0 Å². The van der Waals surface area contributed by atoms with Gasteiger partial charge in [-0.05, 0) is 26.2 Å². The van der Waals surface area contributed by atoms with Gasteiger partial charge in [0.2, 0.25) is 5.91 Å². The fourth-order valence-electron chi connectivity index (χ4n) is 3.09. The number of carbonyl (C=O) groups excluding carboxylic acids is 1. The van der Waals surface area contributed by atoms with E-state index in [1.54, 1.807) is 0 Å². The predicted octanol–water partition coefficient (Wildman–Crippen LogP) is 3.03. The van der Waals surface area contributed by atoms with Crippen molar-refractivity contribution in [1.29, 1.82) is 5.26 Å². The van der Waals surface area contributed by atoms with Crippen molar-refractivity contribution in [3.05, 3.63) is 11.6 Å². The van der Waals surface area contributed by atoms with Gasteiger partial charge in [0, 0.05) is 13.1 Å². The van der Waals surface area contributed by atoms with Gasteiger partial charge in [0.1, 0.15) is 5.41 Å². The molecule has 98 valence electrons.